The van der Waals surface area contributed by atoms with Crippen LogP contribution in [0, 0.1) is 11.5 Å². The van der Waals surface area contributed by atoms with Gasteiger partial charge >= 0.3 is 26.2 Å². The van der Waals surface area contributed by atoms with Crippen LogP contribution in [0.3, 0.4) is 0 Å². The van der Waals surface area contributed by atoms with Gasteiger partial charge in [0.25, 0.3) is 0 Å². The van der Waals surface area contributed by atoms with Crippen LogP contribution in [0.5, 0.6) is 0 Å². The van der Waals surface area contributed by atoms with E-state index in [2.05, 4.69) is 56.6 Å². The van der Waals surface area contributed by atoms with E-state index >= 15 is 0 Å². The van der Waals surface area contributed by atoms with E-state index in [0.29, 0.717) is 0 Å². The van der Waals surface area contributed by atoms with Gasteiger partial charge in [0, 0.05) is 0 Å². The third-order valence-electron chi connectivity index (χ3n) is 2.56. The minimum Gasteiger partial charge on any atom is -0.668 e. The second kappa shape index (κ2) is 17.3. The van der Waals surface area contributed by atoms with Gasteiger partial charge in [-0.1, -0.05) is 33.1 Å². The van der Waals surface area contributed by atoms with Crippen LogP contribution in [0.1, 0.15) is 34.6 Å². The molecular weight excluding hydrogens is 325 g/mol. The van der Waals surface area contributed by atoms with Crippen molar-refractivity contribution in [2.45, 2.75) is 34.6 Å². The Bertz CT molecular complexity index is 264. The zero-order valence-corrected chi connectivity index (χ0v) is 17.8. The Morgan fingerprint density at radius 1 is 0.750 bits per heavy atom. The summed E-state index contributed by atoms with van der Waals surface area (Å²) in [5.74, 6) is 0. The molecule has 0 aromatic carbocycles. The molecule has 0 spiro atoms. The molecule has 0 amide bonds. The average Bonchev–Trinajstić information content (AvgIpc) is 2.45. The van der Waals surface area contributed by atoms with E-state index in [-0.39, 0.29) is 31.6 Å². The standard InChI is InChI=1S/C10H15.3C2H6N.Zr/c1-7-6-10(4,5)9(3)8(7)2;3*1-3-2;/h1-5H3;3*1-2H3;/q4*-1;+4. The van der Waals surface area contributed by atoms with Gasteiger partial charge in [-0.3, -0.25) is 6.08 Å². The largest absolute Gasteiger partial charge is 4.00 e. The number of allylic oxidation sites excluding steroid dienone is 4. The van der Waals surface area contributed by atoms with Gasteiger partial charge in [0.1, 0.15) is 0 Å². The molecule has 0 saturated heterocycles. The van der Waals surface area contributed by atoms with E-state index in [1.807, 2.05) is 0 Å². The van der Waals surface area contributed by atoms with Crippen LogP contribution < -0.4 is 0 Å². The van der Waals surface area contributed by atoms with E-state index in [0.717, 1.165) is 0 Å². The number of rotatable bonds is 0. The molecule has 0 atom stereocenters. The first-order chi connectivity index (χ1) is 8.69. The van der Waals surface area contributed by atoms with E-state index in [9.17, 15) is 0 Å². The Balaban J connectivity index is -0.000000108. The summed E-state index contributed by atoms with van der Waals surface area (Å²) in [6.45, 7) is 10.9. The number of hydrogen-bond acceptors (Lipinski definition) is 0. The van der Waals surface area contributed by atoms with Gasteiger partial charge in [0.15, 0.2) is 0 Å². The van der Waals surface area contributed by atoms with Crippen LogP contribution >= 0.6 is 0 Å². The predicted molar refractivity (Wildman–Crippen MR) is 90.2 cm³/mol. The van der Waals surface area contributed by atoms with Crippen LogP contribution in [-0.2, 0) is 26.2 Å². The Morgan fingerprint density at radius 2 is 1.00 bits per heavy atom. The van der Waals surface area contributed by atoms with Gasteiger partial charge in [-0.15, -0.1) is 6.92 Å². The molecule has 20 heavy (non-hydrogen) atoms. The van der Waals surface area contributed by atoms with Crippen LogP contribution in [-0.4, -0.2) is 42.3 Å². The smallest absolute Gasteiger partial charge is 0.668 e. The predicted octanol–water partition coefficient (Wildman–Crippen LogP) is 4.97. The van der Waals surface area contributed by atoms with Gasteiger partial charge in [-0.05, 0) is 0 Å². The quantitative estimate of drug-likeness (QED) is 0.549. The Morgan fingerprint density at radius 3 is 1.05 bits per heavy atom. The average molecular weight is 359 g/mol. The van der Waals surface area contributed by atoms with Gasteiger partial charge in [0.05, 0.1) is 0 Å². The van der Waals surface area contributed by atoms with Crippen molar-refractivity contribution in [3.05, 3.63) is 38.7 Å². The molecule has 1 rings (SSSR count). The van der Waals surface area contributed by atoms with Crippen LogP contribution in [0.15, 0.2) is 16.7 Å². The van der Waals surface area contributed by atoms with E-state index in [1.165, 1.54) is 16.7 Å². The monoisotopic (exact) mass is 357 g/mol. The molecule has 0 saturated carbocycles. The molecule has 116 valence electrons. The van der Waals surface area contributed by atoms with Crippen molar-refractivity contribution in [3.63, 3.8) is 0 Å². The zero-order chi connectivity index (χ0) is 16.1. The minimum atomic E-state index is 0. The Kier molecular flexibility index (Phi) is 24.6. The molecule has 0 aromatic rings. The summed E-state index contributed by atoms with van der Waals surface area (Å²) >= 11 is 0. The van der Waals surface area contributed by atoms with Crippen molar-refractivity contribution >= 4 is 0 Å². The summed E-state index contributed by atoms with van der Waals surface area (Å²) < 4.78 is 0. The molecule has 0 aromatic heterocycles. The maximum Gasteiger partial charge on any atom is 4.00 e. The van der Waals surface area contributed by atoms with Crippen LogP contribution in [0.4, 0.5) is 0 Å². The van der Waals surface area contributed by atoms with Crippen molar-refractivity contribution in [2.75, 3.05) is 42.3 Å². The molecule has 0 N–H and O–H groups in total. The summed E-state index contributed by atoms with van der Waals surface area (Å²) in [6.07, 6.45) is 3.44. The van der Waals surface area contributed by atoms with Crippen LogP contribution in [0.25, 0.3) is 16.0 Å². The van der Waals surface area contributed by atoms with Gasteiger partial charge in [0.2, 0.25) is 0 Å². The van der Waals surface area contributed by atoms with Crippen molar-refractivity contribution in [3.8, 4) is 0 Å². The van der Waals surface area contributed by atoms with Crippen molar-refractivity contribution in [1.29, 1.82) is 0 Å². The molecule has 0 heterocycles. The molecule has 0 unspecified atom stereocenters. The minimum absolute atomic E-state index is 0. The number of nitrogens with zero attached hydrogens (tertiary/aromatic N) is 3. The molecule has 1 aliphatic rings. The summed E-state index contributed by atoms with van der Waals surface area (Å²) in [5, 5.41) is 10.5. The summed E-state index contributed by atoms with van der Waals surface area (Å²) in [6, 6.07) is 0. The Hall–Kier alpha value is 0.243. The van der Waals surface area contributed by atoms with Crippen molar-refractivity contribution in [2.24, 2.45) is 5.41 Å². The van der Waals surface area contributed by atoms with Crippen LogP contribution in [0.2, 0.25) is 0 Å². The number of hydrogen-bond donors (Lipinski definition) is 0. The fraction of sp³-hybridized carbons (Fsp3) is 0.750. The maximum atomic E-state index is 3.50. The van der Waals surface area contributed by atoms with Gasteiger partial charge in [-0.25, -0.2) is 5.57 Å². The summed E-state index contributed by atoms with van der Waals surface area (Å²) in [5.41, 5.74) is 4.39. The SMILES string of the molecule is CC1=[C-]C(C)(C)C(C)=C1C.C[N-]C.C[N-]C.C[N-]C.[Zr+4]. The van der Waals surface area contributed by atoms with E-state index in [1.54, 1.807) is 42.3 Å². The second-order valence-electron chi connectivity index (χ2n) is 4.97. The third-order valence-corrected chi connectivity index (χ3v) is 2.56. The fourth-order valence-corrected chi connectivity index (χ4v) is 1.41. The molecule has 3 nitrogen and oxygen atoms in total. The summed E-state index contributed by atoms with van der Waals surface area (Å²) in [4.78, 5) is 0. The zero-order valence-electron chi connectivity index (χ0n) is 15.3. The topological polar surface area (TPSA) is 42.3 Å². The molecule has 0 bridgehead atoms. The molecule has 0 aliphatic heterocycles. The summed E-state index contributed by atoms with van der Waals surface area (Å²) in [7, 11) is 10.5. The first kappa shape index (κ1) is 28.4. The van der Waals surface area contributed by atoms with E-state index < -0.39 is 0 Å². The Labute approximate surface area is 147 Å². The molecular formula is C16H33N3Zr. The molecule has 0 fully saturated rings. The second-order valence-corrected chi connectivity index (χ2v) is 4.97. The molecule has 4 heteroatoms. The fourth-order valence-electron chi connectivity index (χ4n) is 1.41. The van der Waals surface area contributed by atoms with Gasteiger partial charge in [-0.2, -0.15) is 53.4 Å². The first-order valence-corrected chi connectivity index (χ1v) is 6.43. The van der Waals surface area contributed by atoms with Crippen molar-refractivity contribution in [1.82, 2.24) is 0 Å². The first-order valence-electron chi connectivity index (χ1n) is 6.43. The third kappa shape index (κ3) is 14.6. The van der Waals surface area contributed by atoms with E-state index in [4.69, 9.17) is 0 Å². The maximum absolute atomic E-state index is 3.50. The van der Waals surface area contributed by atoms with Gasteiger partial charge < -0.3 is 16.0 Å². The molecule has 0 radical (unpaired) electrons. The normalized spacial score (nSPS) is 14.4. The van der Waals surface area contributed by atoms with Crippen molar-refractivity contribution < 1.29 is 26.2 Å². The molecule has 1 aliphatic carbocycles.